The number of anilines is 2. The van der Waals surface area contributed by atoms with Crippen molar-refractivity contribution in [2.75, 3.05) is 17.2 Å². The van der Waals surface area contributed by atoms with Gasteiger partial charge in [-0.2, -0.15) is 0 Å². The Morgan fingerprint density at radius 3 is 2.32 bits per heavy atom. The number of benzene rings is 3. The highest BCUT2D eigenvalue weighted by molar-refractivity contribution is 6.10. The number of hydrogen-bond donors (Lipinski definition) is 4. The van der Waals surface area contributed by atoms with Crippen LogP contribution in [0.2, 0.25) is 0 Å². The number of ketones is 1. The van der Waals surface area contributed by atoms with Crippen molar-refractivity contribution in [3.05, 3.63) is 107 Å². The first-order chi connectivity index (χ1) is 21.3. The van der Waals surface area contributed by atoms with Gasteiger partial charge in [0.05, 0.1) is 0 Å². The summed E-state index contributed by atoms with van der Waals surface area (Å²) in [7, 11) is 0. The largest absolute Gasteiger partial charge is 0.351 e. The third kappa shape index (κ3) is 4.00. The molecule has 3 heterocycles. The molecular formula is C35H29N5O4. The van der Waals surface area contributed by atoms with Crippen LogP contribution in [0.5, 0.6) is 0 Å². The molecule has 1 saturated carbocycles. The third-order valence-electron chi connectivity index (χ3n) is 9.18. The average molecular weight is 584 g/mol. The second-order valence-corrected chi connectivity index (χ2v) is 11.9. The van der Waals surface area contributed by atoms with E-state index in [0.29, 0.717) is 41.6 Å². The molecule has 1 aliphatic heterocycles. The number of hydrogen-bond acceptors (Lipinski definition) is 4. The SMILES string of the molecule is CCCC(=O)Nc1ccc2[nH]c(C(=O)Nc3ccc4[nH]c(C(=O)N5CC6CC67C5=CC(=O)c5ccccc57)cc4c3)cc2c1. The molecule has 5 aromatic rings. The first-order valence-corrected chi connectivity index (χ1v) is 14.9. The summed E-state index contributed by atoms with van der Waals surface area (Å²) in [5.41, 5.74) is 5.99. The molecule has 9 heteroatoms. The molecule has 3 amide bonds. The number of allylic oxidation sites excluding steroid dienone is 2. The highest BCUT2D eigenvalue weighted by Crippen LogP contribution is 2.66. The number of carbonyl (C=O) groups is 4. The first kappa shape index (κ1) is 26.2. The zero-order valence-corrected chi connectivity index (χ0v) is 24.0. The van der Waals surface area contributed by atoms with Gasteiger partial charge in [-0.25, -0.2) is 0 Å². The highest BCUT2D eigenvalue weighted by Gasteiger charge is 2.67. The number of amides is 3. The van der Waals surface area contributed by atoms with Crippen LogP contribution in [-0.4, -0.2) is 44.9 Å². The van der Waals surface area contributed by atoms with E-state index in [2.05, 4.69) is 20.6 Å². The smallest absolute Gasteiger partial charge is 0.274 e. The molecule has 0 radical (unpaired) electrons. The van der Waals surface area contributed by atoms with Crippen LogP contribution in [0.1, 0.15) is 63.1 Å². The molecule has 2 aliphatic carbocycles. The Morgan fingerprint density at radius 1 is 0.886 bits per heavy atom. The fourth-order valence-electron chi connectivity index (χ4n) is 7.03. The molecule has 2 aromatic heterocycles. The van der Waals surface area contributed by atoms with E-state index in [4.69, 9.17) is 0 Å². The van der Waals surface area contributed by atoms with E-state index in [1.807, 2.05) is 55.5 Å². The Bertz CT molecular complexity index is 2100. The topological polar surface area (TPSA) is 127 Å². The fraction of sp³-hybridized carbons (Fsp3) is 0.200. The molecule has 2 atom stereocenters. The van der Waals surface area contributed by atoms with Gasteiger partial charge in [0.15, 0.2) is 5.78 Å². The van der Waals surface area contributed by atoms with Crippen molar-refractivity contribution < 1.29 is 19.2 Å². The summed E-state index contributed by atoms with van der Waals surface area (Å²) in [5, 5.41) is 7.41. The Morgan fingerprint density at radius 2 is 1.57 bits per heavy atom. The number of H-pyrrole nitrogens is 2. The minimum atomic E-state index is -0.306. The van der Waals surface area contributed by atoms with Crippen LogP contribution < -0.4 is 10.6 Å². The van der Waals surface area contributed by atoms with Crippen molar-refractivity contribution in [2.45, 2.75) is 31.6 Å². The van der Waals surface area contributed by atoms with Gasteiger partial charge in [-0.1, -0.05) is 31.2 Å². The summed E-state index contributed by atoms with van der Waals surface area (Å²) in [4.78, 5) is 59.9. The third-order valence-corrected chi connectivity index (χ3v) is 9.18. The molecule has 218 valence electrons. The number of aromatic amines is 2. The maximum Gasteiger partial charge on any atom is 0.274 e. The molecule has 1 saturated heterocycles. The van der Waals surface area contributed by atoms with Crippen molar-refractivity contribution in [3.8, 4) is 0 Å². The van der Waals surface area contributed by atoms with E-state index in [1.54, 1.807) is 35.2 Å². The molecule has 44 heavy (non-hydrogen) atoms. The summed E-state index contributed by atoms with van der Waals surface area (Å²) in [6.07, 6.45) is 3.82. The fourth-order valence-corrected chi connectivity index (χ4v) is 7.03. The van der Waals surface area contributed by atoms with E-state index >= 15 is 0 Å². The molecule has 0 bridgehead atoms. The number of nitrogens with zero attached hydrogens (tertiary/aromatic N) is 1. The van der Waals surface area contributed by atoms with Gasteiger partial charge in [0.25, 0.3) is 11.8 Å². The lowest BCUT2D eigenvalue weighted by atomic mass is 9.81. The maximum absolute atomic E-state index is 13.7. The quantitative estimate of drug-likeness (QED) is 0.192. The first-order valence-electron chi connectivity index (χ1n) is 14.9. The van der Waals surface area contributed by atoms with Gasteiger partial charge < -0.3 is 25.5 Å². The molecule has 2 unspecified atom stereocenters. The number of carbonyl (C=O) groups excluding carboxylic acids is 4. The van der Waals surface area contributed by atoms with Gasteiger partial charge >= 0.3 is 0 Å². The molecule has 2 fully saturated rings. The normalized spacial score (nSPS) is 19.8. The maximum atomic E-state index is 13.7. The summed E-state index contributed by atoms with van der Waals surface area (Å²) in [6, 6.07) is 22.2. The number of rotatable bonds is 6. The highest BCUT2D eigenvalue weighted by atomic mass is 16.2. The van der Waals surface area contributed by atoms with Crippen LogP contribution in [0, 0.1) is 5.92 Å². The monoisotopic (exact) mass is 583 g/mol. The molecule has 1 spiro atoms. The van der Waals surface area contributed by atoms with Gasteiger partial charge in [0.1, 0.15) is 11.4 Å². The molecule has 3 aromatic carbocycles. The van der Waals surface area contributed by atoms with Gasteiger partial charge in [0, 0.05) is 68.9 Å². The van der Waals surface area contributed by atoms with Crippen molar-refractivity contribution >= 4 is 56.7 Å². The number of nitrogens with one attached hydrogen (secondary N) is 4. The van der Waals surface area contributed by atoms with E-state index in [9.17, 15) is 19.2 Å². The van der Waals surface area contributed by atoms with E-state index in [0.717, 1.165) is 51.5 Å². The molecule has 9 nitrogen and oxygen atoms in total. The lowest BCUT2D eigenvalue weighted by Gasteiger charge is -2.29. The van der Waals surface area contributed by atoms with Gasteiger partial charge in [-0.05, 0) is 72.9 Å². The Balaban J connectivity index is 1.01. The van der Waals surface area contributed by atoms with Crippen LogP contribution in [-0.2, 0) is 10.2 Å². The lowest BCUT2D eigenvalue weighted by molar-refractivity contribution is -0.116. The standard InChI is InChI=1S/C35H29N5O4/c1-2-5-32(42)36-22-8-10-26-19(12-22)14-28(38-26)33(43)37-23-9-11-27-20(13-23)15-29(39-27)34(44)40-18-21-17-35(21)25-7-4-3-6-24(25)30(41)16-31(35)40/h3-4,6-16,21,38-39H,2,5,17-18H2,1H3,(H,36,42)(H,37,43). The minimum Gasteiger partial charge on any atom is -0.351 e. The Labute approximate surface area is 252 Å². The zero-order valence-electron chi connectivity index (χ0n) is 24.0. The van der Waals surface area contributed by atoms with Crippen LogP contribution >= 0.6 is 0 Å². The molecule has 4 N–H and O–H groups in total. The van der Waals surface area contributed by atoms with E-state index in [1.165, 1.54) is 0 Å². The van der Waals surface area contributed by atoms with Crippen molar-refractivity contribution in [1.29, 1.82) is 0 Å². The van der Waals surface area contributed by atoms with Crippen molar-refractivity contribution in [1.82, 2.24) is 14.9 Å². The minimum absolute atomic E-state index is 0.0433. The number of aromatic nitrogens is 2. The van der Waals surface area contributed by atoms with E-state index < -0.39 is 0 Å². The molecular weight excluding hydrogens is 554 g/mol. The molecule has 3 aliphatic rings. The van der Waals surface area contributed by atoms with Crippen LogP contribution in [0.4, 0.5) is 11.4 Å². The predicted molar refractivity (Wildman–Crippen MR) is 168 cm³/mol. The summed E-state index contributed by atoms with van der Waals surface area (Å²) >= 11 is 0. The summed E-state index contributed by atoms with van der Waals surface area (Å²) in [6.45, 7) is 2.54. The second kappa shape index (κ2) is 9.54. The lowest BCUT2D eigenvalue weighted by Crippen LogP contribution is -2.33. The van der Waals surface area contributed by atoms with Gasteiger partial charge in [-0.3, -0.25) is 19.2 Å². The molecule has 8 rings (SSSR count). The number of likely N-dealkylation sites (tertiary alicyclic amines) is 1. The zero-order chi connectivity index (χ0) is 30.2. The average Bonchev–Trinajstić information content (AvgIpc) is 3.30. The summed E-state index contributed by atoms with van der Waals surface area (Å²) in [5.74, 6) is -0.259. The van der Waals surface area contributed by atoms with Crippen molar-refractivity contribution in [2.24, 2.45) is 5.92 Å². The Hall–Kier alpha value is -5.44. The van der Waals surface area contributed by atoms with Crippen LogP contribution in [0.15, 0.2) is 84.6 Å². The van der Waals surface area contributed by atoms with Gasteiger partial charge in [-0.15, -0.1) is 0 Å². The number of fused-ring (bicyclic) bond motifs is 3. The van der Waals surface area contributed by atoms with Crippen molar-refractivity contribution in [3.63, 3.8) is 0 Å². The Kier molecular flexibility index (Phi) is 5.68. The van der Waals surface area contributed by atoms with Gasteiger partial charge in [0.2, 0.25) is 5.91 Å². The van der Waals surface area contributed by atoms with E-state index in [-0.39, 0.29) is 28.9 Å². The van der Waals surface area contributed by atoms with Crippen LogP contribution in [0.3, 0.4) is 0 Å². The summed E-state index contributed by atoms with van der Waals surface area (Å²) < 4.78 is 0. The number of piperidine rings is 1. The predicted octanol–water partition coefficient (Wildman–Crippen LogP) is 6.13. The van der Waals surface area contributed by atoms with Crippen LogP contribution in [0.25, 0.3) is 21.8 Å². The second-order valence-electron chi connectivity index (χ2n) is 11.9.